The molecule has 2 heterocycles. The standard InChI is InChI=1S/C20H26F3N7O/c1-11(24)14-8-13(29(2)3)5-6-16(14)30-10-15(18(25)31)19(28-30)27-12-4-7-17(26-9-12)20(21,22)23/h4,7,9-10,13-14,16,24H,5-6,8H2,1-3H3,(H2,25,31)(H,27,28)/t13-,14-,16+/m1/s1. The van der Waals surface area contributed by atoms with Crippen LogP contribution in [0.5, 0.6) is 0 Å². The Labute approximate surface area is 178 Å². The topological polar surface area (TPSA) is 113 Å². The van der Waals surface area contributed by atoms with E-state index in [1.807, 2.05) is 14.1 Å². The summed E-state index contributed by atoms with van der Waals surface area (Å²) < 4.78 is 39.8. The van der Waals surface area contributed by atoms with Gasteiger partial charge in [0.25, 0.3) is 5.91 Å². The van der Waals surface area contributed by atoms with E-state index in [1.54, 1.807) is 17.8 Å². The number of nitrogens with one attached hydrogen (secondary N) is 2. The third kappa shape index (κ3) is 5.04. The predicted octanol–water partition coefficient (Wildman–Crippen LogP) is 3.45. The van der Waals surface area contributed by atoms with Gasteiger partial charge in [-0.3, -0.25) is 9.48 Å². The molecule has 2 aromatic rings. The van der Waals surface area contributed by atoms with Crippen molar-refractivity contribution in [3.8, 4) is 0 Å². The van der Waals surface area contributed by atoms with Crippen molar-refractivity contribution < 1.29 is 18.0 Å². The van der Waals surface area contributed by atoms with Gasteiger partial charge in [-0.15, -0.1) is 0 Å². The number of alkyl halides is 3. The summed E-state index contributed by atoms with van der Waals surface area (Å²) in [6.45, 7) is 1.77. The average Bonchev–Trinajstić information content (AvgIpc) is 3.11. The Morgan fingerprint density at radius 1 is 1.32 bits per heavy atom. The van der Waals surface area contributed by atoms with Crippen LogP contribution in [-0.4, -0.2) is 51.4 Å². The summed E-state index contributed by atoms with van der Waals surface area (Å²) in [6, 6.07) is 2.30. The minimum absolute atomic E-state index is 0.0534. The lowest BCUT2D eigenvalue weighted by Crippen LogP contribution is -2.40. The molecule has 0 radical (unpaired) electrons. The van der Waals surface area contributed by atoms with Crippen LogP contribution in [0.2, 0.25) is 0 Å². The van der Waals surface area contributed by atoms with Crippen LogP contribution in [0.15, 0.2) is 24.5 Å². The van der Waals surface area contributed by atoms with Gasteiger partial charge in [0.05, 0.1) is 17.9 Å². The number of carbonyl (C=O) groups is 1. The van der Waals surface area contributed by atoms with E-state index in [1.165, 1.54) is 6.07 Å². The first-order valence-corrected chi connectivity index (χ1v) is 9.88. The first kappa shape index (κ1) is 22.7. The molecule has 0 saturated heterocycles. The number of hydrogen-bond donors (Lipinski definition) is 3. The summed E-state index contributed by atoms with van der Waals surface area (Å²) in [5.41, 5.74) is 5.39. The maximum atomic E-state index is 12.7. The summed E-state index contributed by atoms with van der Waals surface area (Å²) in [7, 11) is 4.03. The summed E-state index contributed by atoms with van der Waals surface area (Å²) >= 11 is 0. The summed E-state index contributed by atoms with van der Waals surface area (Å²) in [5, 5.41) is 15.5. The fourth-order valence-corrected chi connectivity index (χ4v) is 3.99. The average molecular weight is 437 g/mol. The zero-order valence-electron chi connectivity index (χ0n) is 17.6. The zero-order valence-corrected chi connectivity index (χ0v) is 17.6. The van der Waals surface area contributed by atoms with Gasteiger partial charge < -0.3 is 21.4 Å². The van der Waals surface area contributed by atoms with Crippen LogP contribution in [0.4, 0.5) is 24.7 Å². The molecule has 168 valence electrons. The van der Waals surface area contributed by atoms with Crippen LogP contribution >= 0.6 is 0 Å². The minimum Gasteiger partial charge on any atom is -0.365 e. The maximum Gasteiger partial charge on any atom is 0.433 e. The van der Waals surface area contributed by atoms with Crippen molar-refractivity contribution >= 4 is 23.1 Å². The molecule has 2 aromatic heterocycles. The number of aromatic nitrogens is 3. The van der Waals surface area contributed by atoms with Crippen molar-refractivity contribution in [2.45, 2.75) is 44.4 Å². The quantitative estimate of drug-likeness (QED) is 0.599. The predicted molar refractivity (Wildman–Crippen MR) is 111 cm³/mol. The van der Waals surface area contributed by atoms with Crippen LogP contribution in [0, 0.1) is 11.3 Å². The molecule has 1 aliphatic carbocycles. The van der Waals surface area contributed by atoms with Crippen LogP contribution in [-0.2, 0) is 6.18 Å². The van der Waals surface area contributed by atoms with Gasteiger partial charge in [0, 0.05) is 23.9 Å². The smallest absolute Gasteiger partial charge is 0.365 e. The van der Waals surface area contributed by atoms with Gasteiger partial charge in [0.2, 0.25) is 0 Å². The molecule has 11 heteroatoms. The van der Waals surface area contributed by atoms with Gasteiger partial charge in [0.1, 0.15) is 11.3 Å². The molecule has 3 rings (SSSR count). The number of nitrogens with two attached hydrogens (primary N) is 1. The Bertz CT molecular complexity index is 953. The molecular weight excluding hydrogens is 411 g/mol. The van der Waals surface area contributed by atoms with Gasteiger partial charge in [0.15, 0.2) is 5.82 Å². The first-order chi connectivity index (χ1) is 14.5. The van der Waals surface area contributed by atoms with E-state index in [4.69, 9.17) is 11.1 Å². The van der Waals surface area contributed by atoms with E-state index in [-0.39, 0.29) is 29.0 Å². The second kappa shape index (κ2) is 8.66. The number of halogens is 3. The van der Waals surface area contributed by atoms with Gasteiger partial charge in [-0.05, 0) is 52.4 Å². The molecule has 4 N–H and O–H groups in total. The Morgan fingerprint density at radius 3 is 2.55 bits per heavy atom. The number of carbonyl (C=O) groups excluding carboxylic acids is 1. The largest absolute Gasteiger partial charge is 0.433 e. The van der Waals surface area contributed by atoms with Gasteiger partial charge in [-0.25, -0.2) is 4.98 Å². The van der Waals surface area contributed by atoms with Crippen molar-refractivity contribution in [3.63, 3.8) is 0 Å². The Morgan fingerprint density at radius 2 is 2.03 bits per heavy atom. The van der Waals surface area contributed by atoms with Gasteiger partial charge in [-0.2, -0.15) is 18.3 Å². The lowest BCUT2D eigenvalue weighted by atomic mass is 9.79. The molecule has 3 atom stereocenters. The fourth-order valence-electron chi connectivity index (χ4n) is 3.99. The van der Waals surface area contributed by atoms with E-state index in [9.17, 15) is 18.0 Å². The number of amides is 1. The van der Waals surface area contributed by atoms with Crippen LogP contribution in [0.3, 0.4) is 0 Å². The number of pyridine rings is 1. The monoisotopic (exact) mass is 437 g/mol. The third-order valence-corrected chi connectivity index (χ3v) is 5.73. The molecule has 1 saturated carbocycles. The number of nitrogens with zero attached hydrogens (tertiary/aromatic N) is 4. The fraction of sp³-hybridized carbons (Fsp3) is 0.500. The normalized spacial score (nSPS) is 21.8. The van der Waals surface area contributed by atoms with E-state index >= 15 is 0 Å². The number of anilines is 2. The highest BCUT2D eigenvalue weighted by Crippen LogP contribution is 2.37. The molecule has 0 aliphatic heterocycles. The summed E-state index contributed by atoms with van der Waals surface area (Å²) in [4.78, 5) is 17.5. The van der Waals surface area contributed by atoms with Crippen molar-refractivity contribution in [2.24, 2.45) is 11.7 Å². The van der Waals surface area contributed by atoms with E-state index < -0.39 is 17.8 Å². The molecule has 0 unspecified atom stereocenters. The van der Waals surface area contributed by atoms with Crippen molar-refractivity contribution in [2.75, 3.05) is 19.4 Å². The molecule has 0 spiro atoms. The number of hydrogen-bond acceptors (Lipinski definition) is 6. The molecule has 8 nitrogen and oxygen atoms in total. The van der Waals surface area contributed by atoms with Crippen LogP contribution < -0.4 is 11.1 Å². The molecule has 1 aliphatic rings. The van der Waals surface area contributed by atoms with Crippen LogP contribution in [0.1, 0.15) is 48.3 Å². The second-order valence-electron chi connectivity index (χ2n) is 8.08. The Hall–Kier alpha value is -2.95. The highest BCUT2D eigenvalue weighted by molar-refractivity contribution is 5.98. The summed E-state index contributed by atoms with van der Waals surface area (Å²) in [6.07, 6.45) is 0.510. The lowest BCUT2D eigenvalue weighted by Gasteiger charge is -2.38. The van der Waals surface area contributed by atoms with Crippen LogP contribution in [0.25, 0.3) is 0 Å². The molecule has 31 heavy (non-hydrogen) atoms. The first-order valence-electron chi connectivity index (χ1n) is 9.88. The van der Waals surface area contributed by atoms with Crippen molar-refractivity contribution in [1.82, 2.24) is 19.7 Å². The Balaban J connectivity index is 1.88. The SMILES string of the molecule is CC(=N)[C@H]1C[C@H](N(C)C)CC[C@@H]1n1cc(C(N)=O)c(Nc2ccc(C(F)(F)F)nc2)n1. The highest BCUT2D eigenvalue weighted by Gasteiger charge is 2.35. The lowest BCUT2D eigenvalue weighted by molar-refractivity contribution is -0.141. The molecule has 0 aromatic carbocycles. The Kier molecular flexibility index (Phi) is 6.35. The molecular formula is C20H26F3N7O. The molecule has 1 amide bonds. The summed E-state index contributed by atoms with van der Waals surface area (Å²) in [5.74, 6) is -0.619. The molecule has 0 bridgehead atoms. The van der Waals surface area contributed by atoms with Crippen molar-refractivity contribution in [1.29, 1.82) is 5.41 Å². The van der Waals surface area contributed by atoms with Crippen molar-refractivity contribution in [3.05, 3.63) is 35.8 Å². The number of primary amides is 1. The van der Waals surface area contributed by atoms with Gasteiger partial charge in [-0.1, -0.05) is 0 Å². The van der Waals surface area contributed by atoms with E-state index in [0.29, 0.717) is 11.8 Å². The minimum atomic E-state index is -4.54. The zero-order chi connectivity index (χ0) is 22.9. The highest BCUT2D eigenvalue weighted by atomic mass is 19.4. The second-order valence-corrected chi connectivity index (χ2v) is 8.08. The molecule has 1 fully saturated rings. The van der Waals surface area contributed by atoms with E-state index in [2.05, 4.69) is 20.3 Å². The van der Waals surface area contributed by atoms with Gasteiger partial charge >= 0.3 is 6.18 Å². The maximum absolute atomic E-state index is 12.7. The third-order valence-electron chi connectivity index (χ3n) is 5.73. The number of rotatable bonds is 6. The van der Waals surface area contributed by atoms with E-state index in [0.717, 1.165) is 31.5 Å².